The molecule has 1 amide bonds. The van der Waals surface area contributed by atoms with E-state index >= 15 is 0 Å². The van der Waals surface area contributed by atoms with Crippen LogP contribution in [0.4, 0.5) is 11.5 Å². The number of benzene rings is 2. The summed E-state index contributed by atoms with van der Waals surface area (Å²) in [5.74, 6) is 2.11. The van der Waals surface area contributed by atoms with Gasteiger partial charge in [0.1, 0.15) is 18.1 Å². The van der Waals surface area contributed by atoms with Crippen molar-refractivity contribution in [3.8, 4) is 11.1 Å². The number of fused-ring (bicyclic) bond motifs is 1. The highest BCUT2D eigenvalue weighted by molar-refractivity contribution is 6.00. The van der Waals surface area contributed by atoms with Crippen molar-refractivity contribution in [3.63, 3.8) is 0 Å². The molecule has 12 heteroatoms. The van der Waals surface area contributed by atoms with Gasteiger partial charge in [0, 0.05) is 54.1 Å². The topological polar surface area (TPSA) is 160 Å². The first-order valence-electron chi connectivity index (χ1n) is 23.2. The molecule has 8 rings (SSSR count). The molecule has 3 aliphatic carbocycles. The molecule has 12 nitrogen and oxygen atoms in total. The lowest BCUT2D eigenvalue weighted by atomic mass is 9.73. The predicted octanol–water partition coefficient (Wildman–Crippen LogP) is 8.31. The molecule has 3 heterocycles. The molecule has 0 spiro atoms. The zero-order valence-corrected chi connectivity index (χ0v) is 38.5. The van der Waals surface area contributed by atoms with Crippen molar-refractivity contribution in [1.82, 2.24) is 30.0 Å². The third kappa shape index (κ3) is 8.38. The SMILES string of the molecule is C=CC1=C(c2c(C3CC3)cc3c(NCC4CC4CN)nc(C=O)nc3c2CCc2ccc(-c3cn(C(C(=O)N4CCCC4C=O)C(C)C)nc3C=C)c(NC)c2)C(C)=CCC1(C)NC. The molecule has 64 heavy (non-hydrogen) atoms. The fourth-order valence-corrected chi connectivity index (χ4v) is 10.3. The molecule has 1 saturated heterocycles. The minimum absolute atomic E-state index is 0.0593. The Morgan fingerprint density at radius 3 is 2.48 bits per heavy atom. The van der Waals surface area contributed by atoms with Gasteiger partial charge >= 0.3 is 0 Å². The molecule has 5 unspecified atom stereocenters. The Morgan fingerprint density at radius 2 is 1.84 bits per heavy atom. The van der Waals surface area contributed by atoms with Crippen LogP contribution in [0.1, 0.15) is 117 Å². The number of nitrogens with two attached hydrogens (primary N) is 1. The number of hydrogen-bond acceptors (Lipinski definition) is 10. The molecule has 5 N–H and O–H groups in total. The van der Waals surface area contributed by atoms with Gasteiger partial charge < -0.3 is 31.4 Å². The molecule has 1 aliphatic heterocycles. The highest BCUT2D eigenvalue weighted by Crippen LogP contribution is 2.51. The zero-order chi connectivity index (χ0) is 45.4. The Bertz CT molecular complexity index is 2570. The average Bonchev–Trinajstić information content (AvgIpc) is 4.21. The number of likely N-dealkylation sites (tertiary alicyclic amines) is 1. The van der Waals surface area contributed by atoms with E-state index < -0.39 is 12.1 Å². The van der Waals surface area contributed by atoms with E-state index in [1.165, 1.54) is 22.3 Å². The minimum atomic E-state index is -0.568. The lowest BCUT2D eigenvalue weighted by molar-refractivity contribution is -0.139. The summed E-state index contributed by atoms with van der Waals surface area (Å²) < 4.78 is 1.76. The van der Waals surface area contributed by atoms with Crippen molar-refractivity contribution in [3.05, 3.63) is 101 Å². The number of nitrogens with zero attached hydrogens (tertiary/aromatic N) is 5. The number of allylic oxidation sites excluding steroid dienone is 2. The molecule has 2 aromatic carbocycles. The third-order valence-corrected chi connectivity index (χ3v) is 14.4. The largest absolute Gasteiger partial charge is 0.388 e. The second-order valence-corrected chi connectivity index (χ2v) is 18.9. The fraction of sp³-hybridized carbons (Fsp3) is 0.462. The van der Waals surface area contributed by atoms with E-state index in [0.29, 0.717) is 61.6 Å². The van der Waals surface area contributed by atoms with Crippen molar-refractivity contribution in [2.24, 2.45) is 23.5 Å². The van der Waals surface area contributed by atoms with Gasteiger partial charge in [-0.3, -0.25) is 14.3 Å². The van der Waals surface area contributed by atoms with Gasteiger partial charge in [0.25, 0.3) is 0 Å². The van der Waals surface area contributed by atoms with Crippen molar-refractivity contribution >= 4 is 52.5 Å². The van der Waals surface area contributed by atoms with Crippen LogP contribution in [0.2, 0.25) is 0 Å². The van der Waals surface area contributed by atoms with Gasteiger partial charge in [0.15, 0.2) is 12.1 Å². The first kappa shape index (κ1) is 44.9. The summed E-state index contributed by atoms with van der Waals surface area (Å²) in [6, 6.07) is 7.81. The number of likely N-dealkylation sites (N-methyl/N-ethyl adjacent to an activating group) is 1. The maximum atomic E-state index is 14.0. The Labute approximate surface area is 377 Å². The van der Waals surface area contributed by atoms with E-state index in [-0.39, 0.29) is 23.2 Å². The number of carbonyl (C=O) groups excluding carboxylic acids is 3. The second kappa shape index (κ2) is 18.4. The van der Waals surface area contributed by atoms with E-state index in [4.69, 9.17) is 20.8 Å². The first-order valence-corrected chi connectivity index (χ1v) is 23.2. The molecule has 4 aromatic rings. The summed E-state index contributed by atoms with van der Waals surface area (Å²) in [7, 11) is 3.94. The van der Waals surface area contributed by atoms with Crippen molar-refractivity contribution in [1.29, 1.82) is 0 Å². The van der Waals surface area contributed by atoms with Crippen molar-refractivity contribution < 1.29 is 14.4 Å². The Balaban J connectivity index is 1.22. The van der Waals surface area contributed by atoms with Crippen LogP contribution in [0.15, 0.2) is 66.9 Å². The summed E-state index contributed by atoms with van der Waals surface area (Å²) in [6.07, 6.45) is 16.7. The zero-order valence-electron chi connectivity index (χ0n) is 38.5. The Morgan fingerprint density at radius 1 is 1.05 bits per heavy atom. The lowest BCUT2D eigenvalue weighted by Crippen LogP contribution is -2.43. The summed E-state index contributed by atoms with van der Waals surface area (Å²) in [4.78, 5) is 50.0. The molecule has 2 aromatic heterocycles. The van der Waals surface area contributed by atoms with Crippen LogP contribution in [0.25, 0.3) is 33.7 Å². The third-order valence-electron chi connectivity index (χ3n) is 14.4. The number of hydrogen-bond donors (Lipinski definition) is 4. The first-order chi connectivity index (χ1) is 30.9. The molecule has 336 valence electrons. The van der Waals surface area contributed by atoms with E-state index in [0.717, 1.165) is 95.6 Å². The highest BCUT2D eigenvalue weighted by Gasteiger charge is 2.39. The monoisotopic (exact) mass is 864 g/mol. The Hall–Kier alpha value is -5.72. The number of amides is 1. The van der Waals surface area contributed by atoms with E-state index in [2.05, 4.69) is 73.3 Å². The smallest absolute Gasteiger partial charge is 0.248 e. The second-order valence-electron chi connectivity index (χ2n) is 18.9. The van der Waals surface area contributed by atoms with Crippen molar-refractivity contribution in [2.45, 2.75) is 103 Å². The lowest BCUT2D eigenvalue weighted by Gasteiger charge is -2.37. The number of rotatable bonds is 19. The number of aryl methyl sites for hydroxylation is 2. The van der Waals surface area contributed by atoms with Crippen LogP contribution in [-0.4, -0.2) is 88.4 Å². The quantitative estimate of drug-likeness (QED) is 0.0676. The molecule has 5 atom stereocenters. The standard InChI is InChI=1S/C52H65N9O3/c1-9-42-46(31(5)19-20-52(42,6)55-8)47-38(48-40(24-39(47)33-15-16-33)50(58-45(29-63)57-48)56-26-35-23-34(35)25-53)18-14-32-13-17-37(44(22-32)54-7)41-27-61(59-43(41)10-2)49(30(3)4)51(64)60-21-11-12-36(60)28-62/h9-10,13,17,19,22,24,27-30,33-36,49,54-55H,1-2,11-12,14-16,18,20-21,23,25-26,53H2,3-8H3,(H,56,57,58). The van der Waals surface area contributed by atoms with Gasteiger partial charge in [-0.05, 0) is 160 Å². The van der Waals surface area contributed by atoms with Gasteiger partial charge in [-0.1, -0.05) is 51.3 Å². The van der Waals surface area contributed by atoms with E-state index in [1.807, 2.05) is 40.2 Å². The van der Waals surface area contributed by atoms with Crippen LogP contribution in [0.3, 0.4) is 0 Å². The van der Waals surface area contributed by atoms with Crippen LogP contribution >= 0.6 is 0 Å². The number of aromatic nitrogens is 4. The number of aldehydes is 2. The van der Waals surface area contributed by atoms with Gasteiger partial charge in [0.05, 0.1) is 17.3 Å². The van der Waals surface area contributed by atoms with E-state index in [1.54, 1.807) is 15.7 Å². The molecule has 0 radical (unpaired) electrons. The highest BCUT2D eigenvalue weighted by atomic mass is 16.2. The van der Waals surface area contributed by atoms with Crippen LogP contribution in [0.5, 0.6) is 0 Å². The van der Waals surface area contributed by atoms with Gasteiger partial charge in [-0.25, -0.2) is 9.97 Å². The van der Waals surface area contributed by atoms with Gasteiger partial charge in [-0.15, -0.1) is 0 Å². The minimum Gasteiger partial charge on any atom is -0.388 e. The van der Waals surface area contributed by atoms with Crippen molar-refractivity contribution in [2.75, 3.05) is 44.4 Å². The normalized spacial score (nSPS) is 22.4. The maximum Gasteiger partial charge on any atom is 0.248 e. The summed E-state index contributed by atoms with van der Waals surface area (Å²) in [5.41, 5.74) is 18.2. The van der Waals surface area contributed by atoms with E-state index in [9.17, 15) is 14.4 Å². The fourth-order valence-electron chi connectivity index (χ4n) is 10.3. The molecule has 0 bridgehead atoms. The number of carbonyl (C=O) groups is 3. The van der Waals surface area contributed by atoms with Crippen LogP contribution < -0.4 is 21.7 Å². The molecule has 3 fully saturated rings. The van der Waals surface area contributed by atoms with Crippen LogP contribution in [0, 0.1) is 17.8 Å². The number of nitrogens with one attached hydrogen (secondary N) is 3. The maximum absolute atomic E-state index is 14.0. The number of anilines is 2. The summed E-state index contributed by atoms with van der Waals surface area (Å²) >= 11 is 0. The van der Waals surface area contributed by atoms with Crippen LogP contribution in [-0.2, 0) is 22.4 Å². The predicted molar refractivity (Wildman–Crippen MR) is 258 cm³/mol. The average molecular weight is 864 g/mol. The molecular weight excluding hydrogens is 799 g/mol. The summed E-state index contributed by atoms with van der Waals surface area (Å²) in [5, 5.41) is 16.6. The molecule has 2 saturated carbocycles. The molecular formula is C52H65N9O3. The Kier molecular flexibility index (Phi) is 12.9. The van der Waals surface area contributed by atoms with Gasteiger partial charge in [0.2, 0.25) is 5.91 Å². The summed E-state index contributed by atoms with van der Waals surface area (Å²) in [6.45, 7) is 18.9. The van der Waals surface area contributed by atoms with Gasteiger partial charge in [-0.2, -0.15) is 5.10 Å². The molecule has 4 aliphatic rings.